The van der Waals surface area contributed by atoms with E-state index in [2.05, 4.69) is 4.98 Å². The Hall–Kier alpha value is -2.37. The summed E-state index contributed by atoms with van der Waals surface area (Å²) in [6, 6.07) is 7.95. The number of likely N-dealkylation sites (tertiary alicyclic amines) is 2. The molecule has 0 aliphatic carbocycles. The number of amides is 2. The van der Waals surface area contributed by atoms with Crippen LogP contribution in [0.4, 0.5) is 0 Å². The number of nitrogens with zero attached hydrogens (tertiary/aromatic N) is 4. The van der Waals surface area contributed by atoms with Crippen molar-refractivity contribution in [3.05, 3.63) is 30.6 Å². The van der Waals surface area contributed by atoms with E-state index >= 15 is 0 Å². The summed E-state index contributed by atoms with van der Waals surface area (Å²) >= 11 is 0. The molecule has 1 atom stereocenters. The number of aryl methyl sites for hydroxylation is 1. The van der Waals surface area contributed by atoms with Gasteiger partial charge in [0, 0.05) is 39.6 Å². The van der Waals surface area contributed by atoms with Crippen LogP contribution in [0.25, 0.3) is 11.0 Å². The summed E-state index contributed by atoms with van der Waals surface area (Å²) in [6.07, 6.45) is 4.98. The van der Waals surface area contributed by atoms with Gasteiger partial charge in [-0.3, -0.25) is 9.59 Å². The Labute approximate surface area is 147 Å². The third-order valence-corrected chi connectivity index (χ3v) is 5.75. The first-order valence-electron chi connectivity index (χ1n) is 9.02. The second-order valence-electron chi connectivity index (χ2n) is 7.35. The number of aromatic nitrogens is 2. The number of benzene rings is 1. The molecule has 2 saturated heterocycles. The normalized spacial score (nSPS) is 23.8. The van der Waals surface area contributed by atoms with E-state index < -0.39 is 0 Å². The molecular weight excluding hydrogens is 316 g/mol. The van der Waals surface area contributed by atoms with E-state index in [-0.39, 0.29) is 17.2 Å². The fraction of sp³-hybridized carbons (Fsp3) is 0.526. The molecule has 0 saturated carbocycles. The Bertz CT molecular complexity index is 815. The molecule has 4 rings (SSSR count). The summed E-state index contributed by atoms with van der Waals surface area (Å²) in [5, 5.41) is 0. The molecule has 2 aliphatic heterocycles. The number of para-hydroxylation sites is 2. The Morgan fingerprint density at radius 2 is 2.08 bits per heavy atom. The molecule has 1 spiro atoms. The Balaban J connectivity index is 1.40. The van der Waals surface area contributed by atoms with Crippen molar-refractivity contribution in [1.29, 1.82) is 0 Å². The van der Waals surface area contributed by atoms with Crippen molar-refractivity contribution in [2.45, 2.75) is 32.2 Å². The maximum Gasteiger partial charge on any atom is 0.230 e. The Morgan fingerprint density at radius 1 is 1.24 bits per heavy atom. The first-order valence-corrected chi connectivity index (χ1v) is 9.02. The predicted molar refractivity (Wildman–Crippen MR) is 94.9 cm³/mol. The zero-order valence-corrected chi connectivity index (χ0v) is 14.6. The van der Waals surface area contributed by atoms with Crippen molar-refractivity contribution in [1.82, 2.24) is 19.4 Å². The van der Waals surface area contributed by atoms with Crippen molar-refractivity contribution in [2.75, 3.05) is 26.7 Å². The van der Waals surface area contributed by atoms with Crippen LogP contribution in [0.5, 0.6) is 0 Å². The molecule has 1 unspecified atom stereocenters. The molecule has 3 heterocycles. The van der Waals surface area contributed by atoms with Crippen LogP contribution in [0, 0.1) is 5.41 Å². The van der Waals surface area contributed by atoms with Gasteiger partial charge < -0.3 is 14.4 Å². The summed E-state index contributed by atoms with van der Waals surface area (Å²) in [4.78, 5) is 33.3. The zero-order valence-electron chi connectivity index (χ0n) is 14.6. The molecule has 1 aromatic heterocycles. The molecule has 0 bridgehead atoms. The minimum atomic E-state index is -0.329. The SMILES string of the molecule is CN1CCCC2(CCN(C(=O)CCn3cnc4ccccc43)C2)C1=O. The summed E-state index contributed by atoms with van der Waals surface area (Å²) < 4.78 is 2.03. The maximum absolute atomic E-state index is 12.7. The standard InChI is InChI=1S/C19H24N4O2/c1-21-10-4-8-19(18(21)25)9-12-22(13-19)17(24)7-11-23-14-20-15-5-2-3-6-16(15)23/h2-3,5-6,14H,4,7-13H2,1H3. The molecule has 6 nitrogen and oxygen atoms in total. The molecular formula is C19H24N4O2. The van der Waals surface area contributed by atoms with Crippen molar-refractivity contribution >= 4 is 22.8 Å². The monoisotopic (exact) mass is 340 g/mol. The molecule has 2 fully saturated rings. The lowest BCUT2D eigenvalue weighted by molar-refractivity contribution is -0.144. The van der Waals surface area contributed by atoms with E-state index in [0.29, 0.717) is 26.1 Å². The van der Waals surface area contributed by atoms with Gasteiger partial charge in [0.15, 0.2) is 0 Å². The Morgan fingerprint density at radius 3 is 2.96 bits per heavy atom. The smallest absolute Gasteiger partial charge is 0.230 e. The van der Waals surface area contributed by atoms with Crippen LogP contribution in [0.2, 0.25) is 0 Å². The fourth-order valence-corrected chi connectivity index (χ4v) is 4.29. The molecule has 2 aromatic rings. The van der Waals surface area contributed by atoms with Gasteiger partial charge in [-0.05, 0) is 31.4 Å². The Kier molecular flexibility index (Phi) is 3.98. The third-order valence-electron chi connectivity index (χ3n) is 5.75. The second kappa shape index (κ2) is 6.17. The van der Waals surface area contributed by atoms with Gasteiger partial charge in [-0.2, -0.15) is 0 Å². The van der Waals surface area contributed by atoms with Gasteiger partial charge in [0.05, 0.1) is 22.8 Å². The van der Waals surface area contributed by atoms with Crippen LogP contribution in [-0.4, -0.2) is 57.8 Å². The van der Waals surface area contributed by atoms with Gasteiger partial charge >= 0.3 is 0 Å². The highest BCUT2D eigenvalue weighted by atomic mass is 16.2. The summed E-state index contributed by atoms with van der Waals surface area (Å²) in [5.74, 6) is 0.352. The molecule has 132 valence electrons. The van der Waals surface area contributed by atoms with Gasteiger partial charge in [0.25, 0.3) is 0 Å². The number of carbonyl (C=O) groups excluding carboxylic acids is 2. The predicted octanol–water partition coefficient (Wildman–Crippen LogP) is 1.90. The molecule has 1 aromatic carbocycles. The molecule has 25 heavy (non-hydrogen) atoms. The second-order valence-corrected chi connectivity index (χ2v) is 7.35. The van der Waals surface area contributed by atoms with Gasteiger partial charge in [0.1, 0.15) is 0 Å². The number of hydrogen-bond acceptors (Lipinski definition) is 3. The van der Waals surface area contributed by atoms with Crippen LogP contribution in [0.1, 0.15) is 25.7 Å². The average Bonchev–Trinajstić information content (AvgIpc) is 3.23. The summed E-state index contributed by atoms with van der Waals surface area (Å²) in [6.45, 7) is 2.74. The number of piperidine rings is 1. The lowest BCUT2D eigenvalue weighted by Gasteiger charge is -2.37. The van der Waals surface area contributed by atoms with Crippen LogP contribution in [0.15, 0.2) is 30.6 Å². The van der Waals surface area contributed by atoms with Gasteiger partial charge in [0.2, 0.25) is 11.8 Å². The number of imidazole rings is 1. The first-order chi connectivity index (χ1) is 12.1. The van der Waals surface area contributed by atoms with Gasteiger partial charge in [-0.1, -0.05) is 12.1 Å². The maximum atomic E-state index is 12.7. The van der Waals surface area contributed by atoms with Crippen molar-refractivity contribution < 1.29 is 9.59 Å². The van der Waals surface area contributed by atoms with Gasteiger partial charge in [-0.15, -0.1) is 0 Å². The van der Waals surface area contributed by atoms with Crippen molar-refractivity contribution in [3.63, 3.8) is 0 Å². The number of hydrogen-bond donors (Lipinski definition) is 0. The van der Waals surface area contributed by atoms with E-state index in [0.717, 1.165) is 36.8 Å². The molecule has 2 amide bonds. The van der Waals surface area contributed by atoms with E-state index in [1.807, 2.05) is 45.7 Å². The summed E-state index contributed by atoms with van der Waals surface area (Å²) in [7, 11) is 1.87. The van der Waals surface area contributed by atoms with Gasteiger partial charge in [-0.25, -0.2) is 4.98 Å². The minimum absolute atomic E-state index is 0.135. The molecule has 2 aliphatic rings. The fourth-order valence-electron chi connectivity index (χ4n) is 4.29. The van der Waals surface area contributed by atoms with Crippen LogP contribution < -0.4 is 0 Å². The lowest BCUT2D eigenvalue weighted by Crippen LogP contribution is -2.48. The topological polar surface area (TPSA) is 58.4 Å². The van der Waals surface area contributed by atoms with Crippen LogP contribution in [-0.2, 0) is 16.1 Å². The average molecular weight is 340 g/mol. The highest BCUT2D eigenvalue weighted by Gasteiger charge is 2.48. The third kappa shape index (κ3) is 2.79. The van der Waals surface area contributed by atoms with Crippen molar-refractivity contribution in [3.8, 4) is 0 Å². The largest absolute Gasteiger partial charge is 0.345 e. The summed E-state index contributed by atoms with van der Waals surface area (Å²) in [5.41, 5.74) is 1.67. The molecule has 0 radical (unpaired) electrons. The quantitative estimate of drug-likeness (QED) is 0.857. The lowest BCUT2D eigenvalue weighted by atomic mass is 9.78. The highest BCUT2D eigenvalue weighted by molar-refractivity contribution is 5.86. The van der Waals surface area contributed by atoms with E-state index in [9.17, 15) is 9.59 Å². The van der Waals surface area contributed by atoms with E-state index in [1.165, 1.54) is 0 Å². The van der Waals surface area contributed by atoms with E-state index in [4.69, 9.17) is 0 Å². The first kappa shape index (κ1) is 16.1. The van der Waals surface area contributed by atoms with Crippen LogP contribution in [0.3, 0.4) is 0 Å². The van der Waals surface area contributed by atoms with Crippen molar-refractivity contribution in [2.24, 2.45) is 5.41 Å². The molecule has 0 N–H and O–H groups in total. The zero-order chi connectivity index (χ0) is 17.4. The van der Waals surface area contributed by atoms with E-state index in [1.54, 1.807) is 6.33 Å². The number of rotatable bonds is 3. The number of carbonyl (C=O) groups is 2. The van der Waals surface area contributed by atoms with Crippen LogP contribution >= 0.6 is 0 Å². The minimum Gasteiger partial charge on any atom is -0.345 e. The highest BCUT2D eigenvalue weighted by Crippen LogP contribution is 2.39. The number of fused-ring (bicyclic) bond motifs is 1. The molecule has 6 heteroatoms.